The molecule has 1 rings (SSSR count). The van der Waals surface area contributed by atoms with Gasteiger partial charge < -0.3 is 0 Å². The van der Waals surface area contributed by atoms with Crippen LogP contribution < -0.4 is 4.53 Å². The van der Waals surface area contributed by atoms with E-state index in [0.29, 0.717) is 0 Å². The predicted molar refractivity (Wildman–Crippen MR) is 89.7 cm³/mol. The Kier molecular flexibility index (Phi) is 14.0. The quantitative estimate of drug-likeness (QED) is 0.220. The summed E-state index contributed by atoms with van der Waals surface area (Å²) in [5.41, 5.74) is 0. The van der Waals surface area contributed by atoms with Gasteiger partial charge in [-0.05, 0) is 42.5 Å². The van der Waals surface area contributed by atoms with Crippen LogP contribution in [0.5, 0.6) is 0 Å². The number of alkyl halides is 6. The summed E-state index contributed by atoms with van der Waals surface area (Å²) in [7, 11) is -3.48. The zero-order valence-corrected chi connectivity index (χ0v) is 17.7. The van der Waals surface area contributed by atoms with Crippen molar-refractivity contribution in [2.45, 2.75) is 11.8 Å². The van der Waals surface area contributed by atoms with Crippen LogP contribution in [0.3, 0.4) is 0 Å². The minimum atomic E-state index is -3.94. The van der Waals surface area contributed by atoms with Gasteiger partial charge in [-0.3, -0.25) is 0 Å². The normalized spacial score (nSPS) is 11.7. The Balaban J connectivity index is 0. The van der Waals surface area contributed by atoms with Gasteiger partial charge in [-0.15, -0.1) is 0 Å². The molecule has 0 nitrogen and oxygen atoms in total. The molecule has 0 aliphatic heterocycles. The Morgan fingerprint density at radius 2 is 1.26 bits per heavy atom. The summed E-state index contributed by atoms with van der Waals surface area (Å²) in [4.78, 5) is 0. The summed E-state index contributed by atoms with van der Waals surface area (Å²) in [6, 6.07) is 7.70. The van der Waals surface area contributed by atoms with Gasteiger partial charge >= 0.3 is 84.2 Å². The van der Waals surface area contributed by atoms with Crippen LogP contribution >= 0.6 is 41.7 Å². The predicted octanol–water partition coefficient (Wildman–Crippen LogP) is 6.85. The van der Waals surface area contributed by atoms with E-state index >= 15 is 0 Å². The van der Waals surface area contributed by atoms with E-state index in [9.17, 15) is 26.3 Å². The van der Waals surface area contributed by atoms with Crippen LogP contribution in [0.1, 0.15) is 0 Å². The molecule has 0 saturated heterocycles. The van der Waals surface area contributed by atoms with Crippen molar-refractivity contribution in [2.24, 2.45) is 0 Å². The Morgan fingerprint density at radius 1 is 0.913 bits per heavy atom. The second-order valence-corrected chi connectivity index (χ2v) is 11.0. The zero-order chi connectivity index (χ0) is 18.8. The summed E-state index contributed by atoms with van der Waals surface area (Å²) in [5.74, 6) is -7.87. The SMILES string of the molecule is CP(C)C(F)(F)F.CP(C)C(F)(F)F.Clc1ccc[c]([Ni][Br])c1. The van der Waals surface area contributed by atoms with Gasteiger partial charge in [-0.2, -0.15) is 26.3 Å². The summed E-state index contributed by atoms with van der Waals surface area (Å²) in [6.45, 7) is 4.76. The molecule has 0 radical (unpaired) electrons. The summed E-state index contributed by atoms with van der Waals surface area (Å²) >= 11 is 10.3. The molecule has 0 saturated carbocycles. The maximum atomic E-state index is 11.2. The Bertz CT molecular complexity index is 422. The molecule has 0 aromatic heterocycles. The van der Waals surface area contributed by atoms with Gasteiger partial charge in [0.05, 0.1) is 0 Å². The third kappa shape index (κ3) is 16.2. The molecule has 0 fully saturated rings. The average molecular weight is 510 g/mol. The molecule has 0 bridgehead atoms. The monoisotopic (exact) mass is 508 g/mol. The first-order valence-electron chi connectivity index (χ1n) is 5.66. The van der Waals surface area contributed by atoms with E-state index in [1.807, 2.05) is 24.3 Å². The van der Waals surface area contributed by atoms with Crippen LogP contribution in [0.4, 0.5) is 26.3 Å². The van der Waals surface area contributed by atoms with Crippen molar-refractivity contribution in [3.63, 3.8) is 0 Å². The topological polar surface area (TPSA) is 0 Å². The molecule has 0 spiro atoms. The Hall–Kier alpha value is 0.924. The molecule has 0 heterocycles. The summed E-state index contributed by atoms with van der Waals surface area (Å²) < 4.78 is 68.4. The van der Waals surface area contributed by atoms with Crippen LogP contribution in [0.25, 0.3) is 0 Å². The van der Waals surface area contributed by atoms with Gasteiger partial charge in [0.15, 0.2) is 0 Å². The molecule has 11 heteroatoms. The van der Waals surface area contributed by atoms with Gasteiger partial charge in [-0.25, -0.2) is 0 Å². The van der Waals surface area contributed by atoms with Crippen molar-refractivity contribution in [3.05, 3.63) is 29.3 Å². The number of benzene rings is 1. The van der Waals surface area contributed by atoms with Crippen molar-refractivity contribution in [1.29, 1.82) is 0 Å². The summed E-state index contributed by atoms with van der Waals surface area (Å²) in [5, 5.41) is 0.782. The Labute approximate surface area is 152 Å². The molecule has 140 valence electrons. The third-order valence-corrected chi connectivity index (χ3v) is 5.83. The fraction of sp³-hybridized carbons (Fsp3) is 0.500. The second kappa shape index (κ2) is 12.3. The number of halogens is 8. The molecule has 1 aromatic rings. The molecule has 0 unspecified atom stereocenters. The average Bonchev–Trinajstić information content (AvgIpc) is 2.37. The van der Waals surface area contributed by atoms with Crippen molar-refractivity contribution >= 4 is 46.2 Å². The number of rotatable bonds is 1. The van der Waals surface area contributed by atoms with Gasteiger partial charge in [0.25, 0.3) is 0 Å². The number of hydrogen-bond donors (Lipinski definition) is 0. The summed E-state index contributed by atoms with van der Waals surface area (Å²) in [6.07, 6.45) is 0. The van der Waals surface area contributed by atoms with Crippen LogP contribution in [0.2, 0.25) is 5.02 Å². The molecule has 0 atom stereocenters. The van der Waals surface area contributed by atoms with Crippen LogP contribution in [-0.2, 0) is 12.7 Å². The molecule has 0 N–H and O–H groups in total. The van der Waals surface area contributed by atoms with E-state index in [1.54, 1.807) is 0 Å². The Morgan fingerprint density at radius 3 is 1.43 bits per heavy atom. The molecule has 0 amide bonds. The van der Waals surface area contributed by atoms with Crippen LogP contribution in [0, 0.1) is 0 Å². The van der Waals surface area contributed by atoms with E-state index in [1.165, 1.54) is 39.3 Å². The molecule has 0 aliphatic carbocycles. The van der Waals surface area contributed by atoms with E-state index in [2.05, 4.69) is 14.2 Å². The van der Waals surface area contributed by atoms with Gasteiger partial charge in [0.2, 0.25) is 0 Å². The first-order chi connectivity index (χ1) is 10.2. The molecule has 1 aromatic carbocycles. The fourth-order valence-corrected chi connectivity index (χ4v) is 1.75. The molecule has 0 aliphatic rings. The van der Waals surface area contributed by atoms with E-state index in [4.69, 9.17) is 11.6 Å². The van der Waals surface area contributed by atoms with Crippen molar-refractivity contribution < 1.29 is 39.0 Å². The van der Waals surface area contributed by atoms with E-state index in [-0.39, 0.29) is 0 Å². The maximum absolute atomic E-state index is 11.2. The van der Waals surface area contributed by atoms with E-state index < -0.39 is 27.7 Å². The standard InChI is InChI=1S/C6H4Cl.2C3H6F3P.BrH.Ni/c7-6-4-2-1-3-5-6;2*1-7(2)3(4,5)6;;/h1-2,4-5H;2*1-2H3;1H;/q;;;;+1/p-1. The molecular formula is C12H16BrClF6NiP2. The number of hydrogen-bond acceptors (Lipinski definition) is 0. The molecular weight excluding hydrogens is 494 g/mol. The third-order valence-electron chi connectivity index (χ3n) is 1.85. The fourth-order valence-electron chi connectivity index (χ4n) is 0.483. The van der Waals surface area contributed by atoms with Gasteiger partial charge in [-0.1, -0.05) is 0 Å². The first-order valence-corrected chi connectivity index (χ1v) is 13.4. The molecule has 23 heavy (non-hydrogen) atoms. The van der Waals surface area contributed by atoms with Gasteiger partial charge in [0, 0.05) is 0 Å². The van der Waals surface area contributed by atoms with Crippen molar-refractivity contribution in [1.82, 2.24) is 0 Å². The van der Waals surface area contributed by atoms with Crippen LogP contribution in [0.15, 0.2) is 24.3 Å². The van der Waals surface area contributed by atoms with Crippen molar-refractivity contribution in [2.75, 3.05) is 26.7 Å². The minimum absolute atomic E-state index is 0.782. The zero-order valence-electron chi connectivity index (χ0n) is 12.5. The van der Waals surface area contributed by atoms with Crippen molar-refractivity contribution in [3.8, 4) is 0 Å². The van der Waals surface area contributed by atoms with E-state index in [0.717, 1.165) is 9.56 Å². The second-order valence-electron chi connectivity index (χ2n) is 4.19. The first kappa shape index (κ1) is 26.2. The van der Waals surface area contributed by atoms with Gasteiger partial charge in [0.1, 0.15) is 0 Å². The van der Waals surface area contributed by atoms with Crippen LogP contribution in [-0.4, -0.2) is 38.5 Å².